The Morgan fingerprint density at radius 3 is 3.00 bits per heavy atom. The molecule has 0 aromatic heterocycles. The second-order valence-corrected chi connectivity index (χ2v) is 3.71. The smallest absolute Gasteiger partial charge is 0.0897 e. The van der Waals surface area contributed by atoms with Crippen molar-refractivity contribution < 1.29 is 14.9 Å². The first-order valence-electron chi connectivity index (χ1n) is 4.76. The van der Waals surface area contributed by atoms with Gasteiger partial charge in [-0.1, -0.05) is 0 Å². The van der Waals surface area contributed by atoms with Gasteiger partial charge >= 0.3 is 0 Å². The molecule has 78 valence electrons. The van der Waals surface area contributed by atoms with Crippen molar-refractivity contribution in [2.75, 3.05) is 40.0 Å². The minimum Gasteiger partial charge on any atom is -0.394 e. The van der Waals surface area contributed by atoms with Gasteiger partial charge in [0.15, 0.2) is 0 Å². The Morgan fingerprint density at radius 1 is 1.62 bits per heavy atom. The molecule has 0 bridgehead atoms. The van der Waals surface area contributed by atoms with Gasteiger partial charge in [-0.05, 0) is 18.9 Å². The van der Waals surface area contributed by atoms with Crippen molar-refractivity contribution in [3.8, 4) is 0 Å². The first-order valence-corrected chi connectivity index (χ1v) is 4.76. The van der Waals surface area contributed by atoms with Crippen molar-refractivity contribution >= 4 is 0 Å². The number of hydrogen-bond acceptors (Lipinski definition) is 4. The van der Waals surface area contributed by atoms with E-state index in [4.69, 9.17) is 9.84 Å². The summed E-state index contributed by atoms with van der Waals surface area (Å²) in [5.41, 5.74) is 0. The normalized spacial score (nSPS) is 26.5. The molecule has 1 aliphatic rings. The highest BCUT2D eigenvalue weighted by Gasteiger charge is 2.23. The van der Waals surface area contributed by atoms with Crippen molar-refractivity contribution in [1.82, 2.24) is 4.90 Å². The molecule has 1 fully saturated rings. The molecule has 0 amide bonds. The average molecular weight is 189 g/mol. The van der Waals surface area contributed by atoms with Crippen LogP contribution in [0, 0.1) is 5.92 Å². The van der Waals surface area contributed by atoms with Crippen molar-refractivity contribution in [2.45, 2.75) is 12.5 Å². The largest absolute Gasteiger partial charge is 0.394 e. The summed E-state index contributed by atoms with van der Waals surface area (Å²) in [6, 6.07) is 0. The van der Waals surface area contributed by atoms with Gasteiger partial charge in [0, 0.05) is 20.2 Å². The number of aliphatic hydroxyl groups is 2. The third-order valence-electron chi connectivity index (χ3n) is 2.45. The average Bonchev–Trinajstić information content (AvgIpc) is 2.53. The number of nitrogens with zero attached hydrogens (tertiary/aromatic N) is 1. The molecule has 1 heterocycles. The van der Waals surface area contributed by atoms with Gasteiger partial charge in [0.2, 0.25) is 0 Å². The fourth-order valence-electron chi connectivity index (χ4n) is 1.81. The molecule has 1 saturated heterocycles. The summed E-state index contributed by atoms with van der Waals surface area (Å²) in [5.74, 6) is 0.593. The van der Waals surface area contributed by atoms with Crippen molar-refractivity contribution in [3.05, 3.63) is 0 Å². The van der Waals surface area contributed by atoms with Crippen molar-refractivity contribution in [2.24, 2.45) is 5.92 Å². The van der Waals surface area contributed by atoms with E-state index >= 15 is 0 Å². The van der Waals surface area contributed by atoms with Crippen molar-refractivity contribution in [3.63, 3.8) is 0 Å². The quantitative estimate of drug-likeness (QED) is 0.601. The van der Waals surface area contributed by atoms with Crippen LogP contribution in [0.25, 0.3) is 0 Å². The van der Waals surface area contributed by atoms with Crippen LogP contribution in [0.15, 0.2) is 0 Å². The van der Waals surface area contributed by atoms with Crippen molar-refractivity contribution in [1.29, 1.82) is 0 Å². The van der Waals surface area contributed by atoms with Crippen LogP contribution in [0.3, 0.4) is 0 Å². The Balaban J connectivity index is 2.17. The summed E-state index contributed by atoms with van der Waals surface area (Å²) < 4.78 is 5.07. The zero-order chi connectivity index (χ0) is 9.68. The van der Waals surface area contributed by atoms with E-state index in [-0.39, 0.29) is 6.61 Å². The van der Waals surface area contributed by atoms with E-state index in [0.29, 0.717) is 12.5 Å². The standard InChI is InChI=1S/C9H19NO3/c1-13-7-8-2-3-10(4-8)5-9(12)6-11/h8-9,11-12H,2-7H2,1H3. The van der Waals surface area contributed by atoms with Gasteiger partial charge in [-0.3, -0.25) is 0 Å². The second kappa shape index (κ2) is 5.54. The first-order chi connectivity index (χ1) is 6.26. The number of methoxy groups -OCH3 is 1. The summed E-state index contributed by atoms with van der Waals surface area (Å²) >= 11 is 0. The zero-order valence-electron chi connectivity index (χ0n) is 8.15. The van der Waals surface area contributed by atoms with E-state index in [1.54, 1.807) is 7.11 Å². The Labute approximate surface area is 79.1 Å². The molecule has 2 unspecified atom stereocenters. The summed E-state index contributed by atoms with van der Waals surface area (Å²) in [4.78, 5) is 2.17. The van der Waals surface area contributed by atoms with Crippen LogP contribution in [0.4, 0.5) is 0 Å². The maximum atomic E-state index is 9.21. The third-order valence-corrected chi connectivity index (χ3v) is 2.45. The minimum absolute atomic E-state index is 0.147. The van der Waals surface area contributed by atoms with Gasteiger partial charge in [-0.15, -0.1) is 0 Å². The van der Waals surface area contributed by atoms with Crippen LogP contribution in [0.1, 0.15) is 6.42 Å². The van der Waals surface area contributed by atoms with Gasteiger partial charge in [0.25, 0.3) is 0 Å². The molecule has 0 radical (unpaired) electrons. The van der Waals surface area contributed by atoms with Gasteiger partial charge in [0.05, 0.1) is 19.3 Å². The Kier molecular flexibility index (Phi) is 4.66. The molecule has 2 atom stereocenters. The molecule has 4 heteroatoms. The number of ether oxygens (including phenoxy) is 1. The fraction of sp³-hybridized carbons (Fsp3) is 1.00. The summed E-state index contributed by atoms with van der Waals surface area (Å²) in [6.07, 6.45) is 0.535. The van der Waals surface area contributed by atoms with Crippen LogP contribution in [0.5, 0.6) is 0 Å². The lowest BCUT2D eigenvalue weighted by Gasteiger charge is -2.18. The molecule has 0 saturated carbocycles. The van der Waals surface area contributed by atoms with Gasteiger partial charge < -0.3 is 19.8 Å². The van der Waals surface area contributed by atoms with Crippen LogP contribution < -0.4 is 0 Å². The molecule has 2 N–H and O–H groups in total. The molecule has 0 aliphatic carbocycles. The highest BCUT2D eigenvalue weighted by Crippen LogP contribution is 2.16. The van der Waals surface area contributed by atoms with Crippen LogP contribution >= 0.6 is 0 Å². The van der Waals surface area contributed by atoms with E-state index in [9.17, 15) is 5.11 Å². The van der Waals surface area contributed by atoms with E-state index in [1.807, 2.05) is 0 Å². The topological polar surface area (TPSA) is 52.9 Å². The molecule has 13 heavy (non-hydrogen) atoms. The summed E-state index contributed by atoms with van der Waals surface area (Å²) in [5, 5.41) is 17.9. The van der Waals surface area contributed by atoms with Gasteiger partial charge in [-0.25, -0.2) is 0 Å². The van der Waals surface area contributed by atoms with E-state index in [1.165, 1.54) is 0 Å². The maximum Gasteiger partial charge on any atom is 0.0897 e. The number of aliphatic hydroxyl groups excluding tert-OH is 2. The molecule has 4 nitrogen and oxygen atoms in total. The van der Waals surface area contributed by atoms with Crippen LogP contribution in [0.2, 0.25) is 0 Å². The van der Waals surface area contributed by atoms with Crippen LogP contribution in [-0.2, 0) is 4.74 Å². The van der Waals surface area contributed by atoms with E-state index in [0.717, 1.165) is 26.1 Å². The number of hydrogen-bond donors (Lipinski definition) is 2. The predicted octanol–water partition coefficient (Wildman–Crippen LogP) is -0.692. The van der Waals surface area contributed by atoms with Gasteiger partial charge in [-0.2, -0.15) is 0 Å². The van der Waals surface area contributed by atoms with E-state index in [2.05, 4.69) is 4.90 Å². The molecule has 0 aromatic rings. The van der Waals surface area contributed by atoms with Gasteiger partial charge in [0.1, 0.15) is 0 Å². The zero-order valence-corrected chi connectivity index (χ0v) is 8.15. The lowest BCUT2D eigenvalue weighted by molar-refractivity contribution is 0.0632. The maximum absolute atomic E-state index is 9.21. The molecular formula is C9H19NO3. The SMILES string of the molecule is COCC1CCN(CC(O)CO)C1. The van der Waals surface area contributed by atoms with Crippen LogP contribution in [-0.4, -0.2) is 61.2 Å². The Morgan fingerprint density at radius 2 is 2.38 bits per heavy atom. The molecule has 1 aliphatic heterocycles. The lowest BCUT2D eigenvalue weighted by Crippen LogP contribution is -2.33. The highest BCUT2D eigenvalue weighted by atomic mass is 16.5. The molecule has 1 rings (SSSR count). The molecule has 0 aromatic carbocycles. The lowest BCUT2D eigenvalue weighted by atomic mass is 10.1. The molecular weight excluding hydrogens is 170 g/mol. The number of likely N-dealkylation sites (tertiary alicyclic amines) is 1. The Hall–Kier alpha value is -0.160. The first kappa shape index (κ1) is 10.9. The molecule has 0 spiro atoms. The third kappa shape index (κ3) is 3.60. The second-order valence-electron chi connectivity index (χ2n) is 3.71. The number of rotatable bonds is 5. The minimum atomic E-state index is -0.596. The summed E-state index contributed by atoms with van der Waals surface area (Å²) in [7, 11) is 1.71. The highest BCUT2D eigenvalue weighted by molar-refractivity contribution is 4.76. The monoisotopic (exact) mass is 189 g/mol. The summed E-state index contributed by atoms with van der Waals surface area (Å²) in [6.45, 7) is 3.21. The number of β-amino-alcohol motifs (C(OH)–C–C–N with tert-alkyl or cyclic N) is 1. The Bertz CT molecular complexity index is 143. The predicted molar refractivity (Wildman–Crippen MR) is 49.5 cm³/mol. The fourth-order valence-corrected chi connectivity index (χ4v) is 1.81. The van der Waals surface area contributed by atoms with E-state index < -0.39 is 6.10 Å².